The Morgan fingerprint density at radius 2 is 1.76 bits per heavy atom. The third-order valence-electron chi connectivity index (χ3n) is 6.32. The molecule has 2 amide bonds. The SMILES string of the molecule is CC[C@H](C(=O)NC1CCCC1)N(Cc1c(Cl)cccc1Cl)C(=O)COc1ccc(C)c(C)c1. The van der Waals surface area contributed by atoms with E-state index < -0.39 is 6.04 Å². The zero-order valence-corrected chi connectivity index (χ0v) is 21.0. The fourth-order valence-electron chi connectivity index (χ4n) is 4.17. The van der Waals surface area contributed by atoms with Crippen LogP contribution in [0.4, 0.5) is 0 Å². The van der Waals surface area contributed by atoms with Crippen molar-refractivity contribution >= 4 is 35.0 Å². The van der Waals surface area contributed by atoms with Crippen LogP contribution in [0, 0.1) is 13.8 Å². The number of nitrogens with zero attached hydrogens (tertiary/aromatic N) is 1. The summed E-state index contributed by atoms with van der Waals surface area (Å²) in [5.41, 5.74) is 2.85. The lowest BCUT2D eigenvalue weighted by atomic mass is 10.1. The van der Waals surface area contributed by atoms with Gasteiger partial charge in [-0.3, -0.25) is 9.59 Å². The zero-order valence-electron chi connectivity index (χ0n) is 19.5. The van der Waals surface area contributed by atoms with E-state index in [1.807, 2.05) is 39.0 Å². The van der Waals surface area contributed by atoms with Crippen molar-refractivity contribution in [1.82, 2.24) is 10.2 Å². The molecule has 0 saturated heterocycles. The van der Waals surface area contributed by atoms with Gasteiger partial charge in [0.15, 0.2) is 6.61 Å². The standard InChI is InChI=1S/C26H32Cl2N2O3/c1-4-24(26(32)29-19-8-5-6-9-19)30(15-21-22(27)10-7-11-23(21)28)25(31)16-33-20-13-12-17(2)18(3)14-20/h7,10-14,19,24H,4-6,8-9,15-16H2,1-3H3,(H,29,32)/t24-/m1/s1. The second kappa shape index (κ2) is 11.8. The molecule has 1 N–H and O–H groups in total. The van der Waals surface area contributed by atoms with E-state index in [-0.39, 0.29) is 31.0 Å². The summed E-state index contributed by atoms with van der Waals surface area (Å²) in [6, 6.07) is 10.4. The summed E-state index contributed by atoms with van der Waals surface area (Å²) in [5.74, 6) is 0.176. The third kappa shape index (κ3) is 6.64. The Balaban J connectivity index is 1.81. The van der Waals surface area contributed by atoms with E-state index in [0.29, 0.717) is 27.8 Å². The summed E-state index contributed by atoms with van der Waals surface area (Å²) in [5, 5.41) is 4.05. The molecule has 2 aromatic carbocycles. The first-order valence-electron chi connectivity index (χ1n) is 11.5. The molecule has 0 spiro atoms. The minimum absolute atomic E-state index is 0.129. The zero-order chi connectivity index (χ0) is 24.0. The molecule has 0 unspecified atom stereocenters. The molecule has 3 rings (SSSR count). The number of hydrogen-bond donors (Lipinski definition) is 1. The lowest BCUT2D eigenvalue weighted by molar-refractivity contribution is -0.143. The summed E-state index contributed by atoms with van der Waals surface area (Å²) in [6.07, 6.45) is 4.65. The minimum Gasteiger partial charge on any atom is -0.484 e. The van der Waals surface area contributed by atoms with Crippen LogP contribution in [0.25, 0.3) is 0 Å². The summed E-state index contributed by atoms with van der Waals surface area (Å²) in [7, 11) is 0. The number of ether oxygens (including phenoxy) is 1. The number of halogens is 2. The van der Waals surface area contributed by atoms with Crippen LogP contribution in [-0.4, -0.2) is 35.4 Å². The van der Waals surface area contributed by atoms with Crippen LogP contribution >= 0.6 is 23.2 Å². The lowest BCUT2D eigenvalue weighted by Crippen LogP contribution is -2.52. The number of carbonyl (C=O) groups is 2. The Bertz CT molecular complexity index is 969. The third-order valence-corrected chi connectivity index (χ3v) is 7.03. The summed E-state index contributed by atoms with van der Waals surface area (Å²) in [4.78, 5) is 28.1. The Hall–Kier alpha value is -2.24. The van der Waals surface area contributed by atoms with Gasteiger partial charge in [0, 0.05) is 28.2 Å². The predicted octanol–water partition coefficient (Wildman–Crippen LogP) is 5.86. The van der Waals surface area contributed by atoms with Gasteiger partial charge < -0.3 is 15.0 Å². The molecule has 1 fully saturated rings. The first kappa shape index (κ1) is 25.4. The summed E-state index contributed by atoms with van der Waals surface area (Å²) >= 11 is 12.8. The Labute approximate surface area is 206 Å². The average molecular weight is 491 g/mol. The molecule has 0 radical (unpaired) electrons. The van der Waals surface area contributed by atoms with Crippen molar-refractivity contribution in [3.63, 3.8) is 0 Å². The molecular weight excluding hydrogens is 459 g/mol. The Morgan fingerprint density at radius 1 is 1.09 bits per heavy atom. The Kier molecular flexibility index (Phi) is 9.04. The maximum atomic E-state index is 13.4. The Morgan fingerprint density at radius 3 is 2.36 bits per heavy atom. The van der Waals surface area contributed by atoms with Crippen molar-refractivity contribution in [3.05, 3.63) is 63.1 Å². The van der Waals surface area contributed by atoms with Crippen LogP contribution < -0.4 is 10.1 Å². The van der Waals surface area contributed by atoms with Crippen LogP contribution in [0.1, 0.15) is 55.7 Å². The molecule has 1 aliphatic carbocycles. The molecule has 33 heavy (non-hydrogen) atoms. The van der Waals surface area contributed by atoms with Gasteiger partial charge in [0.05, 0.1) is 0 Å². The van der Waals surface area contributed by atoms with Crippen molar-refractivity contribution in [2.45, 2.75) is 71.5 Å². The predicted molar refractivity (Wildman–Crippen MR) is 133 cm³/mol. The smallest absolute Gasteiger partial charge is 0.261 e. The molecule has 1 saturated carbocycles. The quantitative estimate of drug-likeness (QED) is 0.479. The number of nitrogens with one attached hydrogen (secondary N) is 1. The molecule has 1 aliphatic rings. The van der Waals surface area contributed by atoms with Gasteiger partial charge in [0.2, 0.25) is 5.91 Å². The van der Waals surface area contributed by atoms with Crippen LogP contribution in [0.5, 0.6) is 5.75 Å². The normalized spacial score (nSPS) is 14.7. The van der Waals surface area contributed by atoms with Crippen molar-refractivity contribution < 1.29 is 14.3 Å². The molecule has 0 heterocycles. The lowest BCUT2D eigenvalue weighted by Gasteiger charge is -2.32. The van der Waals surface area contributed by atoms with E-state index in [0.717, 1.165) is 36.8 Å². The number of aryl methyl sites for hydroxylation is 2. The largest absolute Gasteiger partial charge is 0.484 e. The van der Waals surface area contributed by atoms with Crippen molar-refractivity contribution in [1.29, 1.82) is 0 Å². The number of amides is 2. The van der Waals surface area contributed by atoms with Gasteiger partial charge in [0.1, 0.15) is 11.8 Å². The fourth-order valence-corrected chi connectivity index (χ4v) is 4.69. The van der Waals surface area contributed by atoms with Crippen molar-refractivity contribution in [2.75, 3.05) is 6.61 Å². The van der Waals surface area contributed by atoms with Gasteiger partial charge >= 0.3 is 0 Å². The van der Waals surface area contributed by atoms with Gasteiger partial charge in [0.25, 0.3) is 5.91 Å². The average Bonchev–Trinajstić information content (AvgIpc) is 3.29. The monoisotopic (exact) mass is 490 g/mol. The van der Waals surface area contributed by atoms with Crippen LogP contribution in [0.3, 0.4) is 0 Å². The summed E-state index contributed by atoms with van der Waals surface area (Å²) in [6.45, 7) is 5.86. The van der Waals surface area contributed by atoms with Crippen molar-refractivity contribution in [2.24, 2.45) is 0 Å². The van der Waals surface area contributed by atoms with E-state index in [1.54, 1.807) is 23.1 Å². The highest BCUT2D eigenvalue weighted by atomic mass is 35.5. The van der Waals surface area contributed by atoms with Gasteiger partial charge in [-0.05, 0) is 68.5 Å². The van der Waals surface area contributed by atoms with Gasteiger partial charge in [-0.25, -0.2) is 0 Å². The molecule has 2 aromatic rings. The van der Waals surface area contributed by atoms with Crippen LogP contribution in [-0.2, 0) is 16.1 Å². The first-order valence-corrected chi connectivity index (χ1v) is 12.3. The molecule has 0 aromatic heterocycles. The second-order valence-corrected chi connectivity index (χ2v) is 9.49. The number of benzene rings is 2. The number of hydrogen-bond acceptors (Lipinski definition) is 3. The minimum atomic E-state index is -0.645. The van der Waals surface area contributed by atoms with Gasteiger partial charge in [-0.2, -0.15) is 0 Å². The van der Waals surface area contributed by atoms with E-state index in [2.05, 4.69) is 5.32 Å². The molecule has 0 bridgehead atoms. The molecule has 178 valence electrons. The summed E-state index contributed by atoms with van der Waals surface area (Å²) < 4.78 is 5.80. The highest BCUT2D eigenvalue weighted by Gasteiger charge is 2.31. The topological polar surface area (TPSA) is 58.6 Å². The van der Waals surface area contributed by atoms with E-state index in [1.165, 1.54) is 0 Å². The first-order chi connectivity index (χ1) is 15.8. The second-order valence-electron chi connectivity index (χ2n) is 8.67. The number of carbonyl (C=O) groups excluding carboxylic acids is 2. The van der Waals surface area contributed by atoms with Crippen molar-refractivity contribution in [3.8, 4) is 5.75 Å². The molecule has 5 nitrogen and oxygen atoms in total. The maximum Gasteiger partial charge on any atom is 0.261 e. The van der Waals surface area contributed by atoms with Gasteiger partial charge in [-0.1, -0.05) is 55.1 Å². The fraction of sp³-hybridized carbons (Fsp3) is 0.462. The molecule has 1 atom stereocenters. The van der Waals surface area contributed by atoms with E-state index in [4.69, 9.17) is 27.9 Å². The molecule has 7 heteroatoms. The maximum absolute atomic E-state index is 13.4. The van der Waals surface area contributed by atoms with Gasteiger partial charge in [-0.15, -0.1) is 0 Å². The highest BCUT2D eigenvalue weighted by molar-refractivity contribution is 6.36. The van der Waals surface area contributed by atoms with E-state index in [9.17, 15) is 9.59 Å². The number of rotatable bonds is 9. The molecule has 0 aliphatic heterocycles. The van der Waals surface area contributed by atoms with E-state index >= 15 is 0 Å². The van der Waals surface area contributed by atoms with Crippen LogP contribution in [0.2, 0.25) is 10.0 Å². The highest BCUT2D eigenvalue weighted by Crippen LogP contribution is 2.27. The van der Waals surface area contributed by atoms with Crippen LogP contribution in [0.15, 0.2) is 36.4 Å². The molecular formula is C26H32Cl2N2O3.